The minimum atomic E-state index is -0.146. The molecule has 2 rings (SSSR count). The molecule has 0 saturated carbocycles. The number of anilines is 1. The molecule has 0 amide bonds. The number of hydrogen-bond acceptors (Lipinski definition) is 4. The Bertz CT molecular complexity index is 481. The van der Waals surface area contributed by atoms with Crippen molar-refractivity contribution in [2.24, 2.45) is 0 Å². The number of nitrogens with zero attached hydrogens (tertiary/aromatic N) is 2. The predicted octanol–water partition coefficient (Wildman–Crippen LogP) is 1.78. The highest BCUT2D eigenvalue weighted by Gasteiger charge is 2.16. The molecule has 1 aromatic rings. The highest BCUT2D eigenvalue weighted by atomic mass is 79.9. The van der Waals surface area contributed by atoms with Crippen LogP contribution in [0.2, 0.25) is 0 Å². The molecule has 0 bridgehead atoms. The van der Waals surface area contributed by atoms with Gasteiger partial charge in [0.05, 0.1) is 18.4 Å². The Morgan fingerprint density at radius 3 is 3.00 bits per heavy atom. The molecule has 0 aromatic carbocycles. The molecule has 1 aliphatic heterocycles. The minimum absolute atomic E-state index is 0.146. The van der Waals surface area contributed by atoms with Gasteiger partial charge in [0.1, 0.15) is 4.47 Å². The number of rotatable bonds is 4. The van der Waals surface area contributed by atoms with Gasteiger partial charge >= 0.3 is 0 Å². The molecule has 98 valence electrons. The summed E-state index contributed by atoms with van der Waals surface area (Å²) in [5.74, 6) is 0. The molecule has 0 aliphatic carbocycles. The number of ether oxygens (including phenoxy) is 1. The Morgan fingerprint density at radius 2 is 2.33 bits per heavy atom. The molecule has 5 nitrogen and oxygen atoms in total. The first-order chi connectivity index (χ1) is 8.72. The van der Waals surface area contributed by atoms with Gasteiger partial charge in [-0.05, 0) is 28.8 Å². The van der Waals surface area contributed by atoms with E-state index in [0.29, 0.717) is 17.1 Å². The second-order valence-electron chi connectivity index (χ2n) is 4.18. The van der Waals surface area contributed by atoms with Crippen molar-refractivity contribution in [3.05, 3.63) is 33.7 Å². The van der Waals surface area contributed by atoms with E-state index in [1.165, 1.54) is 4.68 Å². The Morgan fingerprint density at radius 1 is 1.61 bits per heavy atom. The zero-order chi connectivity index (χ0) is 13.0. The first-order valence-corrected chi connectivity index (χ1v) is 6.72. The van der Waals surface area contributed by atoms with Crippen LogP contribution in [0.1, 0.15) is 12.8 Å². The van der Waals surface area contributed by atoms with E-state index >= 15 is 0 Å². The van der Waals surface area contributed by atoms with Crippen molar-refractivity contribution in [2.45, 2.75) is 25.4 Å². The van der Waals surface area contributed by atoms with Gasteiger partial charge in [0.25, 0.3) is 5.56 Å². The maximum Gasteiger partial charge on any atom is 0.283 e. The van der Waals surface area contributed by atoms with Crippen molar-refractivity contribution in [3.63, 3.8) is 0 Å². The van der Waals surface area contributed by atoms with Crippen LogP contribution in [-0.4, -0.2) is 29.0 Å². The molecule has 0 atom stereocenters. The standard InChI is InChI=1S/C12H16BrN3O2/c1-2-5-16-12(17)11(13)10(8-14-16)15-9-3-6-18-7-4-9/h2,8-9,15H,1,3-7H2. The van der Waals surface area contributed by atoms with Gasteiger partial charge in [0, 0.05) is 19.3 Å². The Balaban J connectivity index is 2.15. The Hall–Kier alpha value is -1.14. The van der Waals surface area contributed by atoms with Gasteiger partial charge in [-0.2, -0.15) is 5.10 Å². The summed E-state index contributed by atoms with van der Waals surface area (Å²) in [6.45, 7) is 5.53. The van der Waals surface area contributed by atoms with Gasteiger partial charge in [0.2, 0.25) is 0 Å². The molecule has 2 heterocycles. The monoisotopic (exact) mass is 313 g/mol. The molecule has 6 heteroatoms. The lowest BCUT2D eigenvalue weighted by Gasteiger charge is -2.24. The first kappa shape index (κ1) is 13.3. The molecule has 0 radical (unpaired) electrons. The average molecular weight is 314 g/mol. The smallest absolute Gasteiger partial charge is 0.283 e. The van der Waals surface area contributed by atoms with Gasteiger partial charge in [-0.1, -0.05) is 6.08 Å². The van der Waals surface area contributed by atoms with Crippen LogP contribution in [0.5, 0.6) is 0 Å². The molecule has 18 heavy (non-hydrogen) atoms. The normalized spacial score (nSPS) is 16.5. The van der Waals surface area contributed by atoms with Crippen LogP contribution in [0.3, 0.4) is 0 Å². The molecular formula is C12H16BrN3O2. The SMILES string of the molecule is C=CCn1ncc(NC2CCOCC2)c(Br)c1=O. The minimum Gasteiger partial charge on any atom is -0.381 e. The second-order valence-corrected chi connectivity index (χ2v) is 4.97. The highest BCUT2D eigenvalue weighted by Crippen LogP contribution is 2.20. The van der Waals surface area contributed by atoms with Crippen LogP contribution >= 0.6 is 15.9 Å². The highest BCUT2D eigenvalue weighted by molar-refractivity contribution is 9.10. The Labute approximate surface area is 114 Å². The summed E-state index contributed by atoms with van der Waals surface area (Å²) in [6, 6.07) is 0.339. The molecule has 1 aromatic heterocycles. The van der Waals surface area contributed by atoms with Crippen LogP contribution in [0.15, 0.2) is 28.1 Å². The largest absolute Gasteiger partial charge is 0.381 e. The molecule has 1 saturated heterocycles. The van der Waals surface area contributed by atoms with Crippen molar-refractivity contribution in [3.8, 4) is 0 Å². The third-order valence-electron chi connectivity index (χ3n) is 2.87. The van der Waals surface area contributed by atoms with Crippen molar-refractivity contribution in [2.75, 3.05) is 18.5 Å². The molecule has 0 spiro atoms. The van der Waals surface area contributed by atoms with E-state index < -0.39 is 0 Å². The zero-order valence-electron chi connectivity index (χ0n) is 10.1. The fourth-order valence-electron chi connectivity index (χ4n) is 1.88. The first-order valence-electron chi connectivity index (χ1n) is 5.93. The van der Waals surface area contributed by atoms with Crippen LogP contribution < -0.4 is 10.9 Å². The summed E-state index contributed by atoms with van der Waals surface area (Å²) in [7, 11) is 0. The molecule has 1 N–H and O–H groups in total. The maximum absolute atomic E-state index is 12.0. The summed E-state index contributed by atoms with van der Waals surface area (Å²) in [4.78, 5) is 12.0. The lowest BCUT2D eigenvalue weighted by Crippen LogP contribution is -2.30. The lowest BCUT2D eigenvalue weighted by atomic mass is 10.1. The van der Waals surface area contributed by atoms with Gasteiger partial charge in [0.15, 0.2) is 0 Å². The van der Waals surface area contributed by atoms with E-state index in [-0.39, 0.29) is 5.56 Å². The average Bonchev–Trinajstić information content (AvgIpc) is 2.40. The number of aromatic nitrogens is 2. The van der Waals surface area contributed by atoms with E-state index in [2.05, 4.69) is 32.9 Å². The van der Waals surface area contributed by atoms with E-state index in [0.717, 1.165) is 31.7 Å². The fourth-order valence-corrected chi connectivity index (χ4v) is 2.30. The summed E-state index contributed by atoms with van der Waals surface area (Å²) in [6.07, 6.45) is 5.21. The quantitative estimate of drug-likeness (QED) is 0.861. The third kappa shape index (κ3) is 3.00. The molecule has 0 unspecified atom stereocenters. The van der Waals surface area contributed by atoms with Crippen LogP contribution in [0.4, 0.5) is 5.69 Å². The van der Waals surface area contributed by atoms with Gasteiger partial charge < -0.3 is 10.1 Å². The fraction of sp³-hybridized carbons (Fsp3) is 0.500. The Kier molecular flexibility index (Phi) is 4.54. The third-order valence-corrected chi connectivity index (χ3v) is 3.63. The van der Waals surface area contributed by atoms with Gasteiger partial charge in [-0.3, -0.25) is 4.79 Å². The maximum atomic E-state index is 12.0. The van der Waals surface area contributed by atoms with E-state index in [9.17, 15) is 4.79 Å². The predicted molar refractivity (Wildman–Crippen MR) is 73.9 cm³/mol. The van der Waals surface area contributed by atoms with Crippen LogP contribution in [0, 0.1) is 0 Å². The molecule has 1 aliphatic rings. The van der Waals surface area contributed by atoms with E-state index in [1.54, 1.807) is 12.3 Å². The van der Waals surface area contributed by atoms with Gasteiger partial charge in [-0.15, -0.1) is 6.58 Å². The lowest BCUT2D eigenvalue weighted by molar-refractivity contribution is 0.0904. The van der Waals surface area contributed by atoms with E-state index in [1.807, 2.05) is 0 Å². The zero-order valence-corrected chi connectivity index (χ0v) is 11.6. The topological polar surface area (TPSA) is 56.1 Å². The summed E-state index contributed by atoms with van der Waals surface area (Å²) >= 11 is 3.33. The van der Waals surface area contributed by atoms with Crippen molar-refractivity contribution >= 4 is 21.6 Å². The van der Waals surface area contributed by atoms with Crippen molar-refractivity contribution in [1.82, 2.24) is 9.78 Å². The summed E-state index contributed by atoms with van der Waals surface area (Å²) in [5.41, 5.74) is 0.596. The molecule has 1 fully saturated rings. The van der Waals surface area contributed by atoms with Crippen molar-refractivity contribution < 1.29 is 4.74 Å². The van der Waals surface area contributed by atoms with Crippen LogP contribution in [-0.2, 0) is 11.3 Å². The van der Waals surface area contributed by atoms with Crippen molar-refractivity contribution in [1.29, 1.82) is 0 Å². The van der Waals surface area contributed by atoms with Crippen LogP contribution in [0.25, 0.3) is 0 Å². The molecular weight excluding hydrogens is 298 g/mol. The number of nitrogens with one attached hydrogen (secondary N) is 1. The number of allylic oxidation sites excluding steroid dienone is 1. The van der Waals surface area contributed by atoms with Gasteiger partial charge in [-0.25, -0.2) is 4.68 Å². The van der Waals surface area contributed by atoms with E-state index in [4.69, 9.17) is 4.74 Å². The summed E-state index contributed by atoms with van der Waals surface area (Å²) in [5, 5.41) is 7.43. The summed E-state index contributed by atoms with van der Waals surface area (Å²) < 4.78 is 7.18. The number of halogens is 1. The number of hydrogen-bond donors (Lipinski definition) is 1. The second kappa shape index (κ2) is 6.15.